The van der Waals surface area contributed by atoms with Crippen molar-refractivity contribution < 1.29 is 47.7 Å². The van der Waals surface area contributed by atoms with Gasteiger partial charge in [-0.25, -0.2) is 0 Å². The van der Waals surface area contributed by atoms with Crippen LogP contribution in [0.1, 0.15) is 69.1 Å². The molecule has 52 heavy (non-hydrogen) atoms. The van der Waals surface area contributed by atoms with Gasteiger partial charge in [-0.05, 0) is 36.1 Å². The summed E-state index contributed by atoms with van der Waals surface area (Å²) in [6.07, 6.45) is 0. The van der Waals surface area contributed by atoms with Crippen molar-refractivity contribution in [3.05, 3.63) is 70.8 Å². The Morgan fingerprint density at radius 1 is 0.462 bits per heavy atom. The van der Waals surface area contributed by atoms with Gasteiger partial charge in [-0.1, -0.05) is 52.0 Å². The van der Waals surface area contributed by atoms with E-state index >= 15 is 0 Å². The first-order chi connectivity index (χ1) is 25.0. The van der Waals surface area contributed by atoms with Crippen LogP contribution >= 0.6 is 0 Å². The van der Waals surface area contributed by atoms with E-state index < -0.39 is 35.7 Å². The molecule has 0 saturated carbocycles. The normalized spacial score (nSPS) is 19.8. The first kappa shape index (κ1) is 38.7. The van der Waals surface area contributed by atoms with E-state index in [0.717, 1.165) is 9.80 Å². The monoisotopic (exact) mass is 720 g/mol. The molecule has 0 N–H and O–H groups in total. The van der Waals surface area contributed by atoms with Crippen molar-refractivity contribution in [1.29, 1.82) is 0 Å². The Morgan fingerprint density at radius 2 is 0.712 bits per heavy atom. The lowest BCUT2D eigenvalue weighted by atomic mass is 10.0. The Labute approximate surface area is 303 Å². The van der Waals surface area contributed by atoms with E-state index in [0.29, 0.717) is 0 Å². The first-order valence-electron chi connectivity index (χ1n) is 17.9. The lowest BCUT2D eigenvalue weighted by molar-refractivity contribution is -0.140. The second kappa shape index (κ2) is 17.8. The number of carbonyl (C=O) groups excluding carboxylic acids is 6. The number of nitrogens with zero attached hydrogens (tertiary/aromatic N) is 4. The van der Waals surface area contributed by atoms with Crippen LogP contribution in [0.3, 0.4) is 0 Å². The van der Waals surface area contributed by atoms with Crippen LogP contribution < -0.4 is 0 Å². The highest BCUT2D eigenvalue weighted by Crippen LogP contribution is 2.29. The summed E-state index contributed by atoms with van der Waals surface area (Å²) >= 11 is 0. The topological polar surface area (TPSA) is 152 Å². The van der Waals surface area contributed by atoms with Crippen molar-refractivity contribution >= 4 is 35.4 Å². The van der Waals surface area contributed by atoms with Crippen LogP contribution in [-0.4, -0.2) is 146 Å². The summed E-state index contributed by atoms with van der Waals surface area (Å²) in [5, 5.41) is 0. The van der Waals surface area contributed by atoms with Crippen molar-refractivity contribution in [2.45, 2.75) is 39.8 Å². The first-order valence-corrected chi connectivity index (χ1v) is 17.9. The zero-order valence-corrected chi connectivity index (χ0v) is 30.3. The van der Waals surface area contributed by atoms with Gasteiger partial charge >= 0.3 is 0 Å². The molecule has 3 heterocycles. The van der Waals surface area contributed by atoms with Crippen LogP contribution in [0.5, 0.6) is 0 Å². The Hall–Kier alpha value is -4.50. The van der Waals surface area contributed by atoms with Crippen molar-refractivity contribution in [2.75, 3.05) is 79.0 Å². The maximum Gasteiger partial charge on any atom is 0.262 e. The maximum absolute atomic E-state index is 14.0. The Kier molecular flexibility index (Phi) is 13.3. The largest absolute Gasteiger partial charge is 0.377 e. The second-order valence-corrected chi connectivity index (χ2v) is 13.5. The fraction of sp³-hybridized carbons (Fsp3) is 0.526. The molecule has 2 atom stereocenters. The van der Waals surface area contributed by atoms with E-state index in [4.69, 9.17) is 18.9 Å². The number of carbonyl (C=O) groups is 6. The van der Waals surface area contributed by atoms with Crippen molar-refractivity contribution in [2.24, 2.45) is 11.8 Å². The Balaban J connectivity index is 1.19. The van der Waals surface area contributed by atoms with Crippen LogP contribution in [0.4, 0.5) is 0 Å². The number of imide groups is 2. The summed E-state index contributed by atoms with van der Waals surface area (Å²) in [4.78, 5) is 86.4. The lowest BCUT2D eigenvalue weighted by Gasteiger charge is -2.34. The van der Waals surface area contributed by atoms with Gasteiger partial charge in [-0.2, -0.15) is 0 Å². The quantitative estimate of drug-likeness (QED) is 0.407. The molecule has 6 amide bonds. The smallest absolute Gasteiger partial charge is 0.262 e. The van der Waals surface area contributed by atoms with Gasteiger partial charge < -0.3 is 28.7 Å². The highest BCUT2D eigenvalue weighted by Gasteiger charge is 2.46. The third-order valence-corrected chi connectivity index (χ3v) is 9.37. The summed E-state index contributed by atoms with van der Waals surface area (Å²) in [5.74, 6) is -3.38. The third-order valence-electron chi connectivity index (χ3n) is 9.37. The SMILES string of the molecule is CC(C)[C@@H](C(=O)N1CCOCCOCCN(C(=O)[C@@H](C(C)C)N2C(=O)c3ccccc3C2=O)CCOCCOCC1)N1C(=O)c2ccccc2C1=O. The molecule has 3 aliphatic rings. The molecule has 0 radical (unpaired) electrons. The van der Waals surface area contributed by atoms with E-state index in [1.54, 1.807) is 86.0 Å². The lowest BCUT2D eigenvalue weighted by Crippen LogP contribution is -2.54. The summed E-state index contributed by atoms with van der Waals surface area (Å²) in [6, 6.07) is 11.1. The second-order valence-electron chi connectivity index (χ2n) is 13.5. The zero-order chi connectivity index (χ0) is 37.4. The van der Waals surface area contributed by atoms with E-state index in [1.165, 1.54) is 0 Å². The molecule has 0 unspecified atom stereocenters. The molecule has 0 aromatic heterocycles. The minimum atomic E-state index is -1.00. The number of benzene rings is 2. The molecule has 5 rings (SSSR count). The van der Waals surface area contributed by atoms with Gasteiger partial charge in [0.25, 0.3) is 23.6 Å². The summed E-state index contributed by atoms with van der Waals surface area (Å²) in [6.45, 7) is 9.54. The third kappa shape index (κ3) is 8.41. The highest BCUT2D eigenvalue weighted by atomic mass is 16.5. The fourth-order valence-corrected chi connectivity index (χ4v) is 6.69. The van der Waals surface area contributed by atoms with E-state index in [9.17, 15) is 28.8 Å². The van der Waals surface area contributed by atoms with Gasteiger partial charge in [0.1, 0.15) is 12.1 Å². The minimum Gasteiger partial charge on any atom is -0.377 e. The van der Waals surface area contributed by atoms with Gasteiger partial charge in [-0.3, -0.25) is 38.6 Å². The predicted molar refractivity (Wildman–Crippen MR) is 188 cm³/mol. The summed E-state index contributed by atoms with van der Waals surface area (Å²) in [5.41, 5.74) is 1.14. The van der Waals surface area contributed by atoms with Crippen LogP contribution in [0.15, 0.2) is 48.5 Å². The molecule has 14 nitrogen and oxygen atoms in total. The highest BCUT2D eigenvalue weighted by molar-refractivity contribution is 6.23. The molecular weight excluding hydrogens is 672 g/mol. The average molecular weight is 721 g/mol. The maximum atomic E-state index is 14.0. The van der Waals surface area contributed by atoms with Crippen LogP contribution in [-0.2, 0) is 28.5 Å². The molecule has 0 spiro atoms. The van der Waals surface area contributed by atoms with Gasteiger partial charge in [0.2, 0.25) is 11.8 Å². The van der Waals surface area contributed by atoms with Gasteiger partial charge in [0.15, 0.2) is 0 Å². The number of fused-ring (bicyclic) bond motifs is 2. The zero-order valence-electron chi connectivity index (χ0n) is 30.3. The van der Waals surface area contributed by atoms with Crippen LogP contribution in [0.2, 0.25) is 0 Å². The number of hydrogen-bond acceptors (Lipinski definition) is 10. The molecule has 2 aromatic carbocycles. The van der Waals surface area contributed by atoms with E-state index in [2.05, 4.69) is 0 Å². The van der Waals surface area contributed by atoms with Gasteiger partial charge in [-0.15, -0.1) is 0 Å². The molecule has 280 valence electrons. The van der Waals surface area contributed by atoms with Crippen LogP contribution in [0, 0.1) is 11.8 Å². The summed E-state index contributed by atoms with van der Waals surface area (Å²) in [7, 11) is 0. The van der Waals surface area contributed by atoms with Gasteiger partial charge in [0.05, 0.1) is 75.1 Å². The average Bonchev–Trinajstić information content (AvgIpc) is 3.52. The molecule has 0 aliphatic carbocycles. The molecule has 1 fully saturated rings. The number of rotatable bonds is 6. The fourth-order valence-electron chi connectivity index (χ4n) is 6.69. The van der Waals surface area contributed by atoms with E-state index in [-0.39, 0.29) is 125 Å². The minimum absolute atomic E-state index is 0.173. The molecule has 1 saturated heterocycles. The number of amides is 6. The molecular formula is C38H48N4O10. The number of hydrogen-bond donors (Lipinski definition) is 0. The summed E-state index contributed by atoms with van der Waals surface area (Å²) < 4.78 is 23.2. The molecule has 3 aliphatic heterocycles. The van der Waals surface area contributed by atoms with Gasteiger partial charge in [0, 0.05) is 26.2 Å². The van der Waals surface area contributed by atoms with Crippen molar-refractivity contribution in [3.8, 4) is 0 Å². The Morgan fingerprint density at radius 3 is 0.942 bits per heavy atom. The molecule has 0 bridgehead atoms. The standard InChI is InChI=1S/C38H48N4O10/c1-25(2)31(41-33(43)27-9-5-6-10-28(27)34(41)44)37(47)39-13-17-49-21-23-51-19-15-40(16-20-52-24-22-50-18-14-39)38(48)32(26(3)4)42-35(45)29-11-7-8-12-30(29)36(42)46/h5-12,25-26,31-32H,13-24H2,1-4H3/t31-,32+. The number of ether oxygens (including phenoxy) is 4. The van der Waals surface area contributed by atoms with Crippen LogP contribution in [0.25, 0.3) is 0 Å². The predicted octanol–water partition coefficient (Wildman–Crippen LogP) is 2.37. The van der Waals surface area contributed by atoms with Crippen molar-refractivity contribution in [1.82, 2.24) is 19.6 Å². The van der Waals surface area contributed by atoms with E-state index in [1.807, 2.05) is 0 Å². The van der Waals surface area contributed by atoms with Crippen molar-refractivity contribution in [3.63, 3.8) is 0 Å². The Bertz CT molecular complexity index is 1440. The molecule has 2 aromatic rings. The molecule has 14 heteroatoms.